The van der Waals surface area contributed by atoms with E-state index in [1.54, 1.807) is 6.92 Å². The van der Waals surface area contributed by atoms with Crippen molar-refractivity contribution in [3.8, 4) is 0 Å². The number of aliphatic hydroxyl groups excluding tert-OH is 1. The van der Waals surface area contributed by atoms with Crippen molar-refractivity contribution in [3.63, 3.8) is 0 Å². The first-order valence-electron chi connectivity index (χ1n) is 5.23. The van der Waals surface area contributed by atoms with Gasteiger partial charge in [0.15, 0.2) is 19.7 Å². The smallest absolute Gasteiger partial charge is 0.176 e. The number of sulfone groups is 2. The van der Waals surface area contributed by atoms with Gasteiger partial charge in [-0.25, -0.2) is 16.8 Å². The van der Waals surface area contributed by atoms with Crippen molar-refractivity contribution >= 4 is 19.7 Å². The summed E-state index contributed by atoms with van der Waals surface area (Å²) in [4.78, 5) is -0.428. The zero-order valence-electron chi connectivity index (χ0n) is 10.4. The summed E-state index contributed by atoms with van der Waals surface area (Å²) in [6.45, 7) is 1.57. The van der Waals surface area contributed by atoms with E-state index in [1.807, 2.05) is 0 Å². The summed E-state index contributed by atoms with van der Waals surface area (Å²) in [6.07, 6.45) is 1.57. The van der Waals surface area contributed by atoms with Crippen LogP contribution in [-0.2, 0) is 26.1 Å². The largest absolute Gasteiger partial charge is 0.393 e. The molecular formula is C11H16O5S2. The maximum Gasteiger partial charge on any atom is 0.176 e. The molecule has 0 saturated carbocycles. The van der Waals surface area contributed by atoms with Gasteiger partial charge in [0.2, 0.25) is 0 Å². The van der Waals surface area contributed by atoms with Gasteiger partial charge in [0.25, 0.3) is 0 Å². The van der Waals surface area contributed by atoms with Crippen LogP contribution in [0.1, 0.15) is 12.5 Å². The normalized spacial score (nSPS) is 14.4. The quantitative estimate of drug-likeness (QED) is 0.868. The molecule has 0 aliphatic rings. The first-order chi connectivity index (χ1) is 8.01. The molecule has 1 aromatic rings. The Morgan fingerprint density at radius 3 is 1.94 bits per heavy atom. The van der Waals surface area contributed by atoms with Gasteiger partial charge in [-0.1, -0.05) is 6.07 Å². The maximum absolute atomic E-state index is 11.6. The highest BCUT2D eigenvalue weighted by Gasteiger charge is 2.21. The van der Waals surface area contributed by atoms with Crippen molar-refractivity contribution in [1.29, 1.82) is 0 Å². The molecule has 1 aromatic carbocycles. The molecule has 5 nitrogen and oxygen atoms in total. The highest BCUT2D eigenvalue weighted by molar-refractivity contribution is 7.93. The van der Waals surface area contributed by atoms with Crippen LogP contribution in [0.3, 0.4) is 0 Å². The van der Waals surface area contributed by atoms with E-state index in [1.165, 1.54) is 18.2 Å². The van der Waals surface area contributed by atoms with Crippen molar-refractivity contribution in [1.82, 2.24) is 0 Å². The van der Waals surface area contributed by atoms with Gasteiger partial charge in [-0.05, 0) is 31.0 Å². The van der Waals surface area contributed by atoms with Crippen molar-refractivity contribution < 1.29 is 21.9 Å². The van der Waals surface area contributed by atoms with Gasteiger partial charge in [0.05, 0.1) is 15.9 Å². The lowest BCUT2D eigenvalue weighted by molar-refractivity contribution is 0.195. The van der Waals surface area contributed by atoms with E-state index >= 15 is 0 Å². The van der Waals surface area contributed by atoms with Crippen LogP contribution in [0.15, 0.2) is 28.0 Å². The second-order valence-electron chi connectivity index (χ2n) is 4.38. The van der Waals surface area contributed by atoms with Gasteiger partial charge in [0.1, 0.15) is 0 Å². The second-order valence-corrected chi connectivity index (χ2v) is 8.35. The predicted octanol–water partition coefficient (Wildman–Crippen LogP) is 0.417. The number of hydrogen-bond acceptors (Lipinski definition) is 5. The molecule has 0 spiro atoms. The summed E-state index contributed by atoms with van der Waals surface area (Å²) >= 11 is 0. The number of aliphatic hydroxyl groups is 1. The lowest BCUT2D eigenvalue weighted by Crippen LogP contribution is -2.10. The molecule has 0 aromatic heterocycles. The molecule has 0 bridgehead atoms. The van der Waals surface area contributed by atoms with Gasteiger partial charge < -0.3 is 5.11 Å². The minimum atomic E-state index is -3.64. The lowest BCUT2D eigenvalue weighted by atomic mass is 10.1. The van der Waals surface area contributed by atoms with Gasteiger partial charge in [-0.15, -0.1) is 0 Å². The molecule has 0 radical (unpaired) electrons. The van der Waals surface area contributed by atoms with E-state index in [9.17, 15) is 21.9 Å². The zero-order valence-corrected chi connectivity index (χ0v) is 12.0. The SMILES string of the molecule is CC(O)Cc1ccc(S(C)(=O)=O)c(S(C)(=O)=O)c1. The van der Waals surface area contributed by atoms with Gasteiger partial charge in [0, 0.05) is 12.5 Å². The van der Waals surface area contributed by atoms with Crippen LogP contribution in [0, 0.1) is 0 Å². The molecule has 1 rings (SSSR count). The summed E-state index contributed by atoms with van der Waals surface area (Å²) in [5, 5.41) is 9.26. The van der Waals surface area contributed by atoms with Crippen LogP contribution in [0.5, 0.6) is 0 Å². The van der Waals surface area contributed by atoms with E-state index in [4.69, 9.17) is 0 Å². The molecule has 1 atom stereocenters. The first-order valence-corrected chi connectivity index (χ1v) is 9.01. The Morgan fingerprint density at radius 2 is 1.56 bits per heavy atom. The average molecular weight is 292 g/mol. The fourth-order valence-corrected chi connectivity index (χ4v) is 4.06. The van der Waals surface area contributed by atoms with Crippen molar-refractivity contribution in [2.75, 3.05) is 12.5 Å². The Morgan fingerprint density at radius 1 is 1.06 bits per heavy atom. The van der Waals surface area contributed by atoms with Crippen LogP contribution in [0.2, 0.25) is 0 Å². The van der Waals surface area contributed by atoms with E-state index < -0.39 is 25.8 Å². The van der Waals surface area contributed by atoms with Crippen LogP contribution >= 0.6 is 0 Å². The summed E-state index contributed by atoms with van der Waals surface area (Å²) in [7, 11) is -7.24. The van der Waals surface area contributed by atoms with Crippen LogP contribution in [0.25, 0.3) is 0 Å². The molecule has 1 unspecified atom stereocenters. The van der Waals surface area contributed by atoms with E-state index in [0.717, 1.165) is 12.5 Å². The first kappa shape index (κ1) is 15.1. The Balaban J connectivity index is 3.50. The fourth-order valence-electron chi connectivity index (χ4n) is 1.62. The summed E-state index contributed by atoms with van der Waals surface area (Å²) in [6, 6.07) is 4.08. The van der Waals surface area contributed by atoms with Crippen molar-refractivity contribution in [2.24, 2.45) is 0 Å². The molecule has 0 aliphatic carbocycles. The predicted molar refractivity (Wildman–Crippen MR) is 68.0 cm³/mol. The lowest BCUT2D eigenvalue weighted by Gasteiger charge is -2.10. The standard InChI is InChI=1S/C11H16O5S2/c1-8(12)6-9-4-5-10(17(2,13)14)11(7-9)18(3,15)16/h4-5,7-8,12H,6H2,1-3H3. The Labute approximate surface area is 107 Å². The Kier molecular flexibility index (Phi) is 4.19. The molecule has 0 fully saturated rings. The zero-order chi connectivity index (χ0) is 14.1. The number of benzene rings is 1. The summed E-state index contributed by atoms with van der Waals surface area (Å²) < 4.78 is 46.3. The van der Waals surface area contributed by atoms with E-state index in [0.29, 0.717) is 5.56 Å². The Hall–Kier alpha value is -0.920. The molecule has 102 valence electrons. The molecular weight excluding hydrogens is 276 g/mol. The molecule has 18 heavy (non-hydrogen) atoms. The van der Waals surface area contributed by atoms with Gasteiger partial charge in [-0.3, -0.25) is 0 Å². The maximum atomic E-state index is 11.6. The Bertz CT molecular complexity index is 642. The summed E-state index contributed by atoms with van der Waals surface area (Å²) in [5.74, 6) is 0. The third-order valence-corrected chi connectivity index (χ3v) is 4.76. The van der Waals surface area contributed by atoms with Gasteiger partial charge >= 0.3 is 0 Å². The van der Waals surface area contributed by atoms with Crippen molar-refractivity contribution in [2.45, 2.75) is 29.2 Å². The highest BCUT2D eigenvalue weighted by atomic mass is 32.2. The third-order valence-electron chi connectivity index (χ3n) is 2.34. The van der Waals surface area contributed by atoms with Crippen LogP contribution < -0.4 is 0 Å². The van der Waals surface area contributed by atoms with Crippen LogP contribution in [-0.4, -0.2) is 40.6 Å². The van der Waals surface area contributed by atoms with E-state index in [2.05, 4.69) is 0 Å². The average Bonchev–Trinajstić information content (AvgIpc) is 2.13. The fraction of sp³-hybridized carbons (Fsp3) is 0.455. The molecule has 0 saturated heterocycles. The molecule has 0 heterocycles. The monoisotopic (exact) mass is 292 g/mol. The molecule has 0 amide bonds. The van der Waals surface area contributed by atoms with E-state index in [-0.39, 0.29) is 16.2 Å². The third kappa shape index (κ3) is 3.79. The number of hydrogen-bond donors (Lipinski definition) is 1. The molecule has 7 heteroatoms. The van der Waals surface area contributed by atoms with Crippen molar-refractivity contribution in [3.05, 3.63) is 23.8 Å². The topological polar surface area (TPSA) is 88.5 Å². The minimum absolute atomic E-state index is 0.209. The molecule has 0 aliphatic heterocycles. The highest BCUT2D eigenvalue weighted by Crippen LogP contribution is 2.23. The minimum Gasteiger partial charge on any atom is -0.393 e. The molecule has 1 N–H and O–H groups in total. The number of rotatable bonds is 4. The second kappa shape index (κ2) is 4.99. The van der Waals surface area contributed by atoms with Crippen LogP contribution in [0.4, 0.5) is 0 Å². The summed E-state index contributed by atoms with van der Waals surface area (Å²) in [5.41, 5.74) is 0.581. The van der Waals surface area contributed by atoms with Gasteiger partial charge in [-0.2, -0.15) is 0 Å².